The van der Waals surface area contributed by atoms with Gasteiger partial charge in [0.15, 0.2) is 0 Å². The van der Waals surface area contributed by atoms with E-state index in [1.807, 2.05) is 60.7 Å². The van der Waals surface area contributed by atoms with Crippen LogP contribution in [0.25, 0.3) is 0 Å². The van der Waals surface area contributed by atoms with E-state index < -0.39 is 5.60 Å². The first-order valence-corrected chi connectivity index (χ1v) is 5.89. The van der Waals surface area contributed by atoms with Crippen molar-refractivity contribution in [2.75, 3.05) is 6.61 Å². The Balaban J connectivity index is 2.51. The van der Waals surface area contributed by atoms with Crippen molar-refractivity contribution in [3.63, 3.8) is 0 Å². The van der Waals surface area contributed by atoms with Crippen molar-refractivity contribution in [2.45, 2.75) is 5.60 Å². The largest absolute Gasteiger partial charge is 0.392 e. The van der Waals surface area contributed by atoms with Gasteiger partial charge in [0.05, 0.1) is 6.61 Å². The SMILES string of the molecule is OCC=CC(O)(c1ccccc1)c1ccccc1. The number of rotatable bonds is 4. The highest BCUT2D eigenvalue weighted by Gasteiger charge is 2.27. The number of hydrogen-bond donors (Lipinski definition) is 2. The fraction of sp³-hybridized carbons (Fsp3) is 0.125. The quantitative estimate of drug-likeness (QED) is 0.806. The van der Waals surface area contributed by atoms with Crippen LogP contribution in [0.3, 0.4) is 0 Å². The van der Waals surface area contributed by atoms with Gasteiger partial charge in [-0.3, -0.25) is 0 Å². The van der Waals surface area contributed by atoms with Crippen LogP contribution in [-0.2, 0) is 5.60 Å². The molecule has 2 rings (SSSR count). The van der Waals surface area contributed by atoms with Crippen molar-refractivity contribution in [3.8, 4) is 0 Å². The Labute approximate surface area is 107 Å². The second-order valence-electron chi connectivity index (χ2n) is 4.08. The molecule has 0 saturated carbocycles. The zero-order chi connectivity index (χ0) is 12.8. The lowest BCUT2D eigenvalue weighted by Gasteiger charge is -2.26. The zero-order valence-corrected chi connectivity index (χ0v) is 10.0. The van der Waals surface area contributed by atoms with Gasteiger partial charge < -0.3 is 10.2 Å². The van der Waals surface area contributed by atoms with E-state index in [1.165, 1.54) is 0 Å². The fourth-order valence-electron chi connectivity index (χ4n) is 1.97. The van der Waals surface area contributed by atoms with Crippen molar-refractivity contribution < 1.29 is 10.2 Å². The molecule has 0 atom stereocenters. The summed E-state index contributed by atoms with van der Waals surface area (Å²) in [5.41, 5.74) is 0.354. The van der Waals surface area contributed by atoms with Gasteiger partial charge in [0.25, 0.3) is 0 Å². The number of hydrogen-bond acceptors (Lipinski definition) is 2. The molecule has 0 fully saturated rings. The molecule has 0 aliphatic heterocycles. The van der Waals surface area contributed by atoms with Crippen molar-refractivity contribution in [3.05, 3.63) is 83.9 Å². The minimum Gasteiger partial charge on any atom is -0.392 e. The Morgan fingerprint density at radius 3 is 1.67 bits per heavy atom. The molecule has 0 aromatic heterocycles. The van der Waals surface area contributed by atoms with E-state index in [0.29, 0.717) is 0 Å². The lowest BCUT2D eigenvalue weighted by Crippen LogP contribution is -2.24. The van der Waals surface area contributed by atoms with Crippen molar-refractivity contribution in [1.29, 1.82) is 0 Å². The van der Waals surface area contributed by atoms with E-state index in [9.17, 15) is 5.11 Å². The zero-order valence-electron chi connectivity index (χ0n) is 10.0. The third kappa shape index (κ3) is 2.50. The molecule has 2 aromatic carbocycles. The van der Waals surface area contributed by atoms with Gasteiger partial charge in [-0.25, -0.2) is 0 Å². The lowest BCUT2D eigenvalue weighted by molar-refractivity contribution is 0.133. The highest BCUT2D eigenvalue weighted by molar-refractivity contribution is 5.40. The average Bonchev–Trinajstić information content (AvgIpc) is 2.46. The topological polar surface area (TPSA) is 40.5 Å². The van der Waals surface area contributed by atoms with Gasteiger partial charge in [0.2, 0.25) is 0 Å². The highest BCUT2D eigenvalue weighted by atomic mass is 16.3. The summed E-state index contributed by atoms with van der Waals surface area (Å²) in [4.78, 5) is 0. The van der Waals surface area contributed by atoms with Crippen LogP contribution < -0.4 is 0 Å². The Morgan fingerprint density at radius 2 is 1.28 bits per heavy atom. The highest BCUT2D eigenvalue weighted by Crippen LogP contribution is 2.30. The molecule has 0 spiro atoms. The molecule has 0 aliphatic rings. The van der Waals surface area contributed by atoms with Crippen LogP contribution in [0.2, 0.25) is 0 Å². The molecule has 18 heavy (non-hydrogen) atoms. The number of aliphatic hydroxyl groups excluding tert-OH is 1. The molecule has 0 aliphatic carbocycles. The molecule has 92 valence electrons. The number of benzene rings is 2. The third-order valence-electron chi connectivity index (χ3n) is 2.89. The van der Waals surface area contributed by atoms with Gasteiger partial charge in [0, 0.05) is 0 Å². The number of aliphatic hydroxyl groups is 2. The normalized spacial score (nSPS) is 11.9. The second kappa shape index (κ2) is 5.63. The van der Waals surface area contributed by atoms with E-state index >= 15 is 0 Å². The molecule has 0 unspecified atom stereocenters. The third-order valence-corrected chi connectivity index (χ3v) is 2.89. The van der Waals surface area contributed by atoms with E-state index in [1.54, 1.807) is 12.2 Å². The van der Waals surface area contributed by atoms with Gasteiger partial charge in [-0.15, -0.1) is 0 Å². The summed E-state index contributed by atoms with van der Waals surface area (Å²) in [6, 6.07) is 18.8. The van der Waals surface area contributed by atoms with Crippen LogP contribution in [0.5, 0.6) is 0 Å². The summed E-state index contributed by atoms with van der Waals surface area (Å²) in [7, 11) is 0. The first-order chi connectivity index (χ1) is 8.77. The molecule has 2 N–H and O–H groups in total. The summed E-state index contributed by atoms with van der Waals surface area (Å²) in [5, 5.41) is 19.8. The van der Waals surface area contributed by atoms with Gasteiger partial charge >= 0.3 is 0 Å². The fourth-order valence-corrected chi connectivity index (χ4v) is 1.97. The minimum absolute atomic E-state index is 0.0953. The van der Waals surface area contributed by atoms with Crippen LogP contribution in [0.4, 0.5) is 0 Å². The summed E-state index contributed by atoms with van der Waals surface area (Å²) in [6.07, 6.45) is 3.18. The Hall–Kier alpha value is -1.90. The summed E-state index contributed by atoms with van der Waals surface area (Å²) >= 11 is 0. The first kappa shape index (κ1) is 12.6. The predicted molar refractivity (Wildman–Crippen MR) is 72.1 cm³/mol. The van der Waals surface area contributed by atoms with E-state index in [4.69, 9.17) is 5.11 Å². The van der Waals surface area contributed by atoms with Crippen molar-refractivity contribution in [1.82, 2.24) is 0 Å². The molecular formula is C16H16O2. The van der Waals surface area contributed by atoms with Crippen molar-refractivity contribution in [2.24, 2.45) is 0 Å². The molecule has 2 aromatic rings. The maximum atomic E-state index is 10.9. The van der Waals surface area contributed by atoms with Crippen LogP contribution in [0.15, 0.2) is 72.8 Å². The maximum absolute atomic E-state index is 10.9. The van der Waals surface area contributed by atoms with Crippen LogP contribution in [0, 0.1) is 0 Å². The van der Waals surface area contributed by atoms with Crippen molar-refractivity contribution >= 4 is 0 Å². The smallest absolute Gasteiger partial charge is 0.133 e. The van der Waals surface area contributed by atoms with Crippen LogP contribution >= 0.6 is 0 Å². The molecule has 0 amide bonds. The second-order valence-corrected chi connectivity index (χ2v) is 4.08. The monoisotopic (exact) mass is 240 g/mol. The first-order valence-electron chi connectivity index (χ1n) is 5.89. The van der Waals surface area contributed by atoms with E-state index in [-0.39, 0.29) is 6.61 Å². The molecule has 2 nitrogen and oxygen atoms in total. The summed E-state index contributed by atoms with van der Waals surface area (Å²) < 4.78 is 0. The van der Waals surface area contributed by atoms with Gasteiger partial charge in [-0.2, -0.15) is 0 Å². The molecular weight excluding hydrogens is 224 g/mol. The Kier molecular flexibility index (Phi) is 3.92. The molecule has 0 bridgehead atoms. The Bertz CT molecular complexity index is 464. The lowest BCUT2D eigenvalue weighted by atomic mass is 9.86. The van der Waals surface area contributed by atoms with Crippen LogP contribution in [-0.4, -0.2) is 16.8 Å². The molecule has 0 heterocycles. The molecule has 2 heteroatoms. The maximum Gasteiger partial charge on any atom is 0.133 e. The molecule has 0 radical (unpaired) electrons. The van der Waals surface area contributed by atoms with Crippen LogP contribution in [0.1, 0.15) is 11.1 Å². The van der Waals surface area contributed by atoms with Gasteiger partial charge in [-0.05, 0) is 17.2 Å². The van der Waals surface area contributed by atoms with Gasteiger partial charge in [0.1, 0.15) is 5.60 Å². The van der Waals surface area contributed by atoms with Gasteiger partial charge in [-0.1, -0.05) is 66.7 Å². The predicted octanol–water partition coefficient (Wildman–Crippen LogP) is 2.47. The summed E-state index contributed by atoms with van der Waals surface area (Å²) in [6.45, 7) is -0.0953. The average molecular weight is 240 g/mol. The minimum atomic E-state index is -1.20. The Morgan fingerprint density at radius 1 is 0.833 bits per heavy atom. The standard InChI is InChI=1S/C16H16O2/c17-13-7-12-16(18,14-8-3-1-4-9-14)15-10-5-2-6-11-15/h1-12,17-18H,13H2. The van der Waals surface area contributed by atoms with E-state index in [2.05, 4.69) is 0 Å². The molecule has 0 saturated heterocycles. The van der Waals surface area contributed by atoms with E-state index in [0.717, 1.165) is 11.1 Å². The summed E-state index contributed by atoms with van der Waals surface area (Å²) in [5.74, 6) is 0.